The first-order valence-electron chi connectivity index (χ1n) is 13.4. The second kappa shape index (κ2) is 12.0. The molecular formula is C32H40O5Si. The molecule has 0 spiro atoms. The molecule has 0 N–H and O–H groups in total. The maximum Gasteiger partial charge on any atom is 0.335 e. The van der Waals surface area contributed by atoms with E-state index in [2.05, 4.69) is 76.2 Å². The number of carbonyl (C=O) groups is 1. The van der Waals surface area contributed by atoms with E-state index in [1.54, 1.807) is 0 Å². The van der Waals surface area contributed by atoms with Gasteiger partial charge in [-0.3, -0.25) is 0 Å². The van der Waals surface area contributed by atoms with Crippen LogP contribution in [0.3, 0.4) is 0 Å². The van der Waals surface area contributed by atoms with Crippen molar-refractivity contribution in [2.45, 2.75) is 64.8 Å². The van der Waals surface area contributed by atoms with Crippen molar-refractivity contribution in [2.24, 2.45) is 11.8 Å². The second-order valence-electron chi connectivity index (χ2n) is 11.2. The monoisotopic (exact) mass is 532 g/mol. The summed E-state index contributed by atoms with van der Waals surface area (Å²) in [6.45, 7) is 11.2. The van der Waals surface area contributed by atoms with Crippen LogP contribution in [0.5, 0.6) is 0 Å². The highest BCUT2D eigenvalue weighted by Crippen LogP contribution is 2.41. The maximum absolute atomic E-state index is 12.9. The van der Waals surface area contributed by atoms with E-state index in [0.717, 1.165) is 15.9 Å². The molecule has 3 aromatic rings. The Morgan fingerprint density at radius 3 is 1.79 bits per heavy atom. The Balaban J connectivity index is 1.76. The van der Waals surface area contributed by atoms with Gasteiger partial charge in [-0.25, -0.2) is 4.79 Å². The molecule has 202 valence electrons. The quantitative estimate of drug-likeness (QED) is 0.290. The molecule has 1 aliphatic heterocycles. The van der Waals surface area contributed by atoms with E-state index in [9.17, 15) is 4.79 Å². The summed E-state index contributed by atoms with van der Waals surface area (Å²) in [5, 5.41) is 2.08. The Kier molecular flexibility index (Phi) is 8.88. The SMILES string of the molecule is COC(=O)C1O[C@@H](O[Si](c2ccccc2)(c2ccccc2)C(C)(C)C)C(C)[C@H](OCc2ccccc2)[C@@H]1C. The summed E-state index contributed by atoms with van der Waals surface area (Å²) >= 11 is 0. The van der Waals surface area contributed by atoms with Crippen molar-refractivity contribution in [3.63, 3.8) is 0 Å². The Morgan fingerprint density at radius 1 is 0.816 bits per heavy atom. The minimum atomic E-state index is -2.92. The molecule has 0 radical (unpaired) electrons. The summed E-state index contributed by atoms with van der Waals surface area (Å²) in [5.74, 6) is -0.745. The lowest BCUT2D eigenvalue weighted by Gasteiger charge is -2.50. The van der Waals surface area contributed by atoms with Crippen LogP contribution in [0.25, 0.3) is 0 Å². The molecule has 6 heteroatoms. The third kappa shape index (κ3) is 5.64. The number of hydrogen-bond acceptors (Lipinski definition) is 5. The summed E-state index contributed by atoms with van der Waals surface area (Å²) in [6, 6.07) is 31.0. The molecule has 3 aromatic carbocycles. The van der Waals surface area contributed by atoms with Gasteiger partial charge in [0.1, 0.15) is 0 Å². The van der Waals surface area contributed by atoms with Crippen LogP contribution in [-0.2, 0) is 30.0 Å². The summed E-state index contributed by atoms with van der Waals surface area (Å²) < 4.78 is 25.5. The first kappa shape index (κ1) is 28.2. The molecule has 5 nitrogen and oxygen atoms in total. The van der Waals surface area contributed by atoms with Gasteiger partial charge in [0.05, 0.1) is 19.8 Å². The van der Waals surface area contributed by atoms with Gasteiger partial charge in [0, 0.05) is 11.8 Å². The van der Waals surface area contributed by atoms with Gasteiger partial charge in [0.25, 0.3) is 8.32 Å². The standard InChI is InChI=1S/C32H40O5Si/c1-23-28(35-22-25-16-10-7-11-17-25)24(2)31(36-29(23)30(33)34-6)37-38(32(3,4)5,26-18-12-8-13-19-26)27-20-14-9-15-21-27/h7-21,23-24,28-29,31H,22H2,1-6H3/t23-,24?,28+,29?,31-/m0/s1. The predicted octanol–water partition coefficient (Wildman–Crippen LogP) is 5.32. The van der Waals surface area contributed by atoms with Crippen molar-refractivity contribution in [1.82, 2.24) is 0 Å². The fourth-order valence-electron chi connectivity index (χ4n) is 5.66. The van der Waals surface area contributed by atoms with Crippen molar-refractivity contribution < 1.29 is 23.4 Å². The second-order valence-corrected chi connectivity index (χ2v) is 15.5. The lowest BCUT2D eigenvalue weighted by atomic mass is 9.85. The molecule has 4 rings (SSSR count). The average molecular weight is 533 g/mol. The van der Waals surface area contributed by atoms with Gasteiger partial charge in [0.15, 0.2) is 12.4 Å². The molecule has 0 saturated carbocycles. The van der Waals surface area contributed by atoms with E-state index < -0.39 is 26.7 Å². The lowest BCUT2D eigenvalue weighted by molar-refractivity contribution is -0.248. The van der Waals surface area contributed by atoms with E-state index in [1.807, 2.05) is 49.4 Å². The molecular weight excluding hydrogens is 492 g/mol. The van der Waals surface area contributed by atoms with Crippen LogP contribution in [0.15, 0.2) is 91.0 Å². The van der Waals surface area contributed by atoms with Gasteiger partial charge in [-0.05, 0) is 21.0 Å². The van der Waals surface area contributed by atoms with Gasteiger partial charge in [0.2, 0.25) is 0 Å². The fraction of sp³-hybridized carbons (Fsp3) is 0.406. The summed E-state index contributed by atoms with van der Waals surface area (Å²) in [5.41, 5.74) is 1.08. The van der Waals surface area contributed by atoms with Gasteiger partial charge in [-0.2, -0.15) is 0 Å². The zero-order valence-electron chi connectivity index (χ0n) is 23.3. The first-order chi connectivity index (χ1) is 18.2. The Hall–Kier alpha value is -2.77. The minimum absolute atomic E-state index is 0.128. The highest BCUT2D eigenvalue weighted by molar-refractivity contribution is 6.99. The average Bonchev–Trinajstić information content (AvgIpc) is 2.93. The lowest BCUT2D eigenvalue weighted by Crippen LogP contribution is -2.69. The Bertz CT molecular complexity index is 1120. The molecule has 38 heavy (non-hydrogen) atoms. The van der Waals surface area contributed by atoms with E-state index >= 15 is 0 Å². The molecule has 2 unspecified atom stereocenters. The van der Waals surface area contributed by atoms with Crippen LogP contribution in [0.2, 0.25) is 5.04 Å². The van der Waals surface area contributed by atoms with Crippen LogP contribution in [0.1, 0.15) is 40.2 Å². The fourth-order valence-corrected chi connectivity index (χ4v) is 10.3. The minimum Gasteiger partial charge on any atom is -0.467 e. The van der Waals surface area contributed by atoms with E-state index in [0.29, 0.717) is 6.61 Å². The zero-order chi connectivity index (χ0) is 27.3. The molecule has 0 bridgehead atoms. The molecule has 1 heterocycles. The van der Waals surface area contributed by atoms with Gasteiger partial charge >= 0.3 is 5.97 Å². The number of esters is 1. The highest BCUT2D eigenvalue weighted by Gasteiger charge is 2.55. The van der Waals surface area contributed by atoms with Crippen molar-refractivity contribution >= 4 is 24.7 Å². The molecule has 1 saturated heterocycles. The van der Waals surface area contributed by atoms with Crippen molar-refractivity contribution in [2.75, 3.05) is 7.11 Å². The zero-order valence-corrected chi connectivity index (χ0v) is 24.3. The Labute approximate surface area is 228 Å². The van der Waals surface area contributed by atoms with Crippen molar-refractivity contribution in [3.8, 4) is 0 Å². The van der Waals surface area contributed by atoms with Gasteiger partial charge in [-0.1, -0.05) is 126 Å². The van der Waals surface area contributed by atoms with E-state index in [-0.39, 0.29) is 23.0 Å². The third-order valence-corrected chi connectivity index (χ3v) is 12.6. The molecule has 0 aliphatic carbocycles. The summed E-state index contributed by atoms with van der Waals surface area (Å²) in [4.78, 5) is 12.9. The molecule has 1 aliphatic rings. The van der Waals surface area contributed by atoms with Crippen LogP contribution >= 0.6 is 0 Å². The van der Waals surface area contributed by atoms with Crippen molar-refractivity contribution in [3.05, 3.63) is 96.6 Å². The van der Waals surface area contributed by atoms with Crippen LogP contribution in [0, 0.1) is 11.8 Å². The molecule has 1 fully saturated rings. The van der Waals surface area contributed by atoms with Crippen LogP contribution < -0.4 is 10.4 Å². The smallest absolute Gasteiger partial charge is 0.335 e. The van der Waals surface area contributed by atoms with Crippen LogP contribution in [-0.4, -0.2) is 39.9 Å². The molecule has 0 amide bonds. The first-order valence-corrected chi connectivity index (χ1v) is 15.3. The predicted molar refractivity (Wildman–Crippen MR) is 153 cm³/mol. The third-order valence-electron chi connectivity index (χ3n) is 7.65. The normalized spacial score (nSPS) is 24.1. The maximum atomic E-state index is 12.9. The van der Waals surface area contributed by atoms with E-state index in [1.165, 1.54) is 7.11 Å². The molecule has 0 aromatic heterocycles. The van der Waals surface area contributed by atoms with Crippen molar-refractivity contribution in [1.29, 1.82) is 0 Å². The largest absolute Gasteiger partial charge is 0.467 e. The number of ether oxygens (including phenoxy) is 3. The van der Waals surface area contributed by atoms with Crippen LogP contribution in [0.4, 0.5) is 0 Å². The number of methoxy groups -OCH3 is 1. The number of benzene rings is 3. The summed E-state index contributed by atoms with van der Waals surface area (Å²) in [6.07, 6.45) is -1.72. The number of hydrogen-bond donors (Lipinski definition) is 0. The topological polar surface area (TPSA) is 54.0 Å². The molecule has 5 atom stereocenters. The van der Waals surface area contributed by atoms with Gasteiger partial charge in [-0.15, -0.1) is 0 Å². The summed E-state index contributed by atoms with van der Waals surface area (Å²) in [7, 11) is -1.53. The number of rotatable bonds is 8. The van der Waals surface area contributed by atoms with Gasteiger partial charge < -0.3 is 18.6 Å². The highest BCUT2D eigenvalue weighted by atomic mass is 28.4. The number of carbonyl (C=O) groups excluding carboxylic acids is 1. The van der Waals surface area contributed by atoms with E-state index in [4.69, 9.17) is 18.6 Å². The Morgan fingerprint density at radius 2 is 1.32 bits per heavy atom.